The maximum Gasteiger partial charge on any atom is 0.329 e. The summed E-state index contributed by atoms with van der Waals surface area (Å²) in [6.07, 6.45) is 1.40. The first-order valence-electron chi connectivity index (χ1n) is 6.58. The summed E-state index contributed by atoms with van der Waals surface area (Å²) in [4.78, 5) is -0.266. The molecule has 1 aromatic heterocycles. The van der Waals surface area contributed by atoms with Crippen LogP contribution in [0.1, 0.15) is 26.2 Å². The number of aryl methyl sites for hydroxylation is 1. The molecule has 1 heterocycles. The molecular formula is C13H15ClFN3O3S. The minimum atomic E-state index is -4.02. The molecule has 9 heteroatoms. The van der Waals surface area contributed by atoms with E-state index in [1.165, 1.54) is 0 Å². The molecule has 0 amide bonds. The number of aromatic nitrogens is 2. The lowest BCUT2D eigenvalue weighted by molar-refractivity contribution is 0.471. The van der Waals surface area contributed by atoms with Crippen LogP contribution in [-0.4, -0.2) is 18.6 Å². The first-order valence-corrected chi connectivity index (χ1v) is 8.44. The van der Waals surface area contributed by atoms with Crippen molar-refractivity contribution >= 4 is 27.6 Å². The van der Waals surface area contributed by atoms with Crippen LogP contribution >= 0.6 is 11.6 Å². The van der Waals surface area contributed by atoms with Gasteiger partial charge in [0.15, 0.2) is 0 Å². The lowest BCUT2D eigenvalue weighted by Gasteiger charge is -2.06. The second-order valence-corrected chi connectivity index (χ2v) is 7.17. The van der Waals surface area contributed by atoms with Crippen molar-refractivity contribution in [3.8, 4) is 0 Å². The van der Waals surface area contributed by atoms with Crippen LogP contribution in [0.3, 0.4) is 0 Å². The Balaban J connectivity index is 2.15. The lowest BCUT2D eigenvalue weighted by Crippen LogP contribution is -2.13. The molecule has 0 saturated heterocycles. The van der Waals surface area contributed by atoms with E-state index in [0.717, 1.165) is 24.6 Å². The molecule has 6 nitrogen and oxygen atoms in total. The van der Waals surface area contributed by atoms with Gasteiger partial charge in [0.25, 0.3) is 10.0 Å². The first-order chi connectivity index (χ1) is 10.3. The molecule has 0 bridgehead atoms. The highest BCUT2D eigenvalue weighted by atomic mass is 35.5. The molecule has 2 rings (SSSR count). The van der Waals surface area contributed by atoms with E-state index in [-0.39, 0.29) is 15.9 Å². The zero-order valence-corrected chi connectivity index (χ0v) is 13.6. The number of rotatable bonds is 6. The average molecular weight is 348 g/mol. The number of sulfonamides is 1. The highest BCUT2D eigenvalue weighted by Gasteiger charge is 2.21. The van der Waals surface area contributed by atoms with Gasteiger partial charge in [-0.15, -0.1) is 5.10 Å². The summed E-state index contributed by atoms with van der Waals surface area (Å²) in [5.74, 6) is 0.180. The van der Waals surface area contributed by atoms with E-state index in [1.807, 2.05) is 0 Å². The molecule has 0 radical (unpaired) electrons. The lowest BCUT2D eigenvalue weighted by atomic mass is 10.1. The van der Waals surface area contributed by atoms with Gasteiger partial charge in [0.2, 0.25) is 5.89 Å². The number of benzene rings is 1. The maximum atomic E-state index is 13.0. The standard InChI is InChI=1S/C13H15ClFN3O3S/c1-8(2)3-6-12-16-17-13(21-12)18-22(19,20)11-5-4-9(15)7-10(11)14/h4-5,7-8H,3,6H2,1-2H3,(H,17,18). The van der Waals surface area contributed by atoms with Crippen molar-refractivity contribution in [1.29, 1.82) is 0 Å². The predicted octanol–water partition coefficient (Wildman–Crippen LogP) is 3.25. The third-order valence-electron chi connectivity index (χ3n) is 2.81. The molecule has 2 aromatic rings. The molecule has 0 aliphatic carbocycles. The normalized spacial score (nSPS) is 11.9. The third kappa shape index (κ3) is 4.17. The van der Waals surface area contributed by atoms with E-state index in [0.29, 0.717) is 18.2 Å². The number of nitrogens with one attached hydrogen (secondary N) is 1. The van der Waals surface area contributed by atoms with Crippen LogP contribution < -0.4 is 4.72 Å². The Hall–Kier alpha value is -1.67. The van der Waals surface area contributed by atoms with Gasteiger partial charge in [-0.1, -0.05) is 30.5 Å². The first kappa shape index (κ1) is 16.7. The van der Waals surface area contributed by atoms with E-state index in [9.17, 15) is 12.8 Å². The topological polar surface area (TPSA) is 85.1 Å². The van der Waals surface area contributed by atoms with Crippen LogP contribution in [0.5, 0.6) is 0 Å². The van der Waals surface area contributed by atoms with Gasteiger partial charge in [0.1, 0.15) is 10.7 Å². The van der Waals surface area contributed by atoms with Gasteiger partial charge >= 0.3 is 6.01 Å². The largest absolute Gasteiger partial charge is 0.407 e. The van der Waals surface area contributed by atoms with Crippen molar-refractivity contribution in [1.82, 2.24) is 10.2 Å². The second-order valence-electron chi connectivity index (χ2n) is 5.11. The van der Waals surface area contributed by atoms with Crippen molar-refractivity contribution in [3.63, 3.8) is 0 Å². The highest BCUT2D eigenvalue weighted by Crippen LogP contribution is 2.24. The quantitative estimate of drug-likeness (QED) is 0.866. The van der Waals surface area contributed by atoms with Crippen LogP contribution in [0.4, 0.5) is 10.4 Å². The maximum absolute atomic E-state index is 13.0. The Kier molecular flexibility index (Phi) is 5.02. The number of hydrogen-bond donors (Lipinski definition) is 1. The van der Waals surface area contributed by atoms with Gasteiger partial charge in [0, 0.05) is 6.42 Å². The van der Waals surface area contributed by atoms with Gasteiger partial charge in [-0.2, -0.15) is 0 Å². The molecule has 1 N–H and O–H groups in total. The summed E-state index contributed by atoms with van der Waals surface area (Å²) in [5, 5.41) is 7.16. The predicted molar refractivity (Wildman–Crippen MR) is 79.7 cm³/mol. The second kappa shape index (κ2) is 6.62. The Morgan fingerprint density at radius 3 is 2.73 bits per heavy atom. The van der Waals surface area contributed by atoms with Crippen molar-refractivity contribution in [2.45, 2.75) is 31.6 Å². The van der Waals surface area contributed by atoms with E-state index in [2.05, 4.69) is 28.8 Å². The zero-order valence-electron chi connectivity index (χ0n) is 12.0. The van der Waals surface area contributed by atoms with Gasteiger partial charge in [0.05, 0.1) is 5.02 Å². The molecule has 0 atom stereocenters. The monoisotopic (exact) mass is 347 g/mol. The molecule has 0 saturated carbocycles. The molecule has 120 valence electrons. The SMILES string of the molecule is CC(C)CCc1nnc(NS(=O)(=O)c2ccc(F)cc2Cl)o1. The fraction of sp³-hybridized carbons (Fsp3) is 0.385. The molecule has 22 heavy (non-hydrogen) atoms. The van der Waals surface area contributed by atoms with Crippen molar-refractivity contribution in [2.75, 3.05) is 4.72 Å². The van der Waals surface area contributed by atoms with E-state index in [4.69, 9.17) is 16.0 Å². The van der Waals surface area contributed by atoms with Crippen LogP contribution in [0.15, 0.2) is 27.5 Å². The third-order valence-corrected chi connectivity index (χ3v) is 4.61. The minimum Gasteiger partial charge on any atom is -0.407 e. The zero-order chi connectivity index (χ0) is 16.3. The Labute approximate surface area is 132 Å². The summed E-state index contributed by atoms with van der Waals surface area (Å²) in [7, 11) is -4.02. The highest BCUT2D eigenvalue weighted by molar-refractivity contribution is 7.92. The van der Waals surface area contributed by atoms with Crippen LogP contribution in [0.25, 0.3) is 0 Å². The molecule has 1 aromatic carbocycles. The number of anilines is 1. The summed E-state index contributed by atoms with van der Waals surface area (Å²) < 4.78 is 44.7. The summed E-state index contributed by atoms with van der Waals surface area (Å²) >= 11 is 5.74. The molecule has 0 fully saturated rings. The van der Waals surface area contributed by atoms with Crippen LogP contribution in [0.2, 0.25) is 5.02 Å². The molecular weight excluding hydrogens is 333 g/mol. The Morgan fingerprint density at radius 2 is 2.09 bits per heavy atom. The van der Waals surface area contributed by atoms with Crippen molar-refractivity contribution in [2.24, 2.45) is 5.92 Å². The number of halogens is 2. The van der Waals surface area contributed by atoms with Gasteiger partial charge < -0.3 is 4.42 Å². The number of nitrogens with zero attached hydrogens (tertiary/aromatic N) is 2. The minimum absolute atomic E-state index is 0.230. The summed E-state index contributed by atoms with van der Waals surface area (Å²) in [6, 6.07) is 2.73. The molecule has 0 unspecified atom stereocenters. The molecule has 0 aliphatic rings. The van der Waals surface area contributed by atoms with E-state index < -0.39 is 15.8 Å². The van der Waals surface area contributed by atoms with E-state index >= 15 is 0 Å². The van der Waals surface area contributed by atoms with Crippen LogP contribution in [-0.2, 0) is 16.4 Å². The smallest absolute Gasteiger partial charge is 0.329 e. The fourth-order valence-corrected chi connectivity index (χ4v) is 3.13. The summed E-state index contributed by atoms with van der Waals surface area (Å²) in [5.41, 5.74) is 0. The average Bonchev–Trinajstić information content (AvgIpc) is 2.82. The van der Waals surface area contributed by atoms with Crippen molar-refractivity contribution in [3.05, 3.63) is 34.9 Å². The fourth-order valence-electron chi connectivity index (χ4n) is 1.67. The molecule has 0 spiro atoms. The van der Waals surface area contributed by atoms with Crippen LogP contribution in [0, 0.1) is 11.7 Å². The van der Waals surface area contributed by atoms with Gasteiger partial charge in [-0.3, -0.25) is 0 Å². The Morgan fingerprint density at radius 1 is 1.36 bits per heavy atom. The van der Waals surface area contributed by atoms with E-state index in [1.54, 1.807) is 0 Å². The molecule has 0 aliphatic heterocycles. The van der Waals surface area contributed by atoms with Gasteiger partial charge in [-0.25, -0.2) is 17.5 Å². The summed E-state index contributed by atoms with van der Waals surface area (Å²) in [6.45, 7) is 4.10. The Bertz CT molecular complexity index is 762. The number of hydrogen-bond acceptors (Lipinski definition) is 5. The van der Waals surface area contributed by atoms with Gasteiger partial charge in [-0.05, 0) is 30.5 Å². The van der Waals surface area contributed by atoms with Crippen molar-refractivity contribution < 1.29 is 17.2 Å².